The molecule has 1 aliphatic carbocycles. The second kappa shape index (κ2) is 17.7. The van der Waals surface area contributed by atoms with Crippen molar-refractivity contribution >= 4 is 57.9 Å². The number of nitrogens with one attached hydrogen (secondary N) is 4. The third kappa shape index (κ3) is 8.84. The van der Waals surface area contributed by atoms with Gasteiger partial charge in [0, 0.05) is 35.6 Å². The van der Waals surface area contributed by atoms with Gasteiger partial charge in [-0.1, -0.05) is 99.2 Å². The van der Waals surface area contributed by atoms with Crippen molar-refractivity contribution in [3.8, 4) is 0 Å². The summed E-state index contributed by atoms with van der Waals surface area (Å²) < 4.78 is 11.1. The lowest BCUT2D eigenvalue weighted by Crippen LogP contribution is -2.65. The minimum atomic E-state index is -1.50. The minimum absolute atomic E-state index is 0.0250. The largest absolute Gasteiger partial charge is 0.445 e. The highest BCUT2D eigenvalue weighted by Gasteiger charge is 2.47. The highest BCUT2D eigenvalue weighted by molar-refractivity contribution is 6.38. The molecule has 0 saturated carbocycles. The van der Waals surface area contributed by atoms with Crippen molar-refractivity contribution in [3.05, 3.63) is 81.0 Å². The van der Waals surface area contributed by atoms with E-state index in [0.717, 1.165) is 22.2 Å². The van der Waals surface area contributed by atoms with Crippen LogP contribution < -0.4 is 16.0 Å². The fourth-order valence-electron chi connectivity index (χ4n) is 6.80. The molecule has 0 saturated heterocycles. The molecule has 54 heavy (non-hydrogen) atoms. The topological polar surface area (TPSA) is 172 Å². The molecule has 5 rings (SSSR count). The summed E-state index contributed by atoms with van der Waals surface area (Å²) >= 11 is 13.0. The number of benzene rings is 2. The third-order valence-electron chi connectivity index (χ3n) is 10.5. The summed E-state index contributed by atoms with van der Waals surface area (Å²) in [6, 6.07) is 10.9. The highest BCUT2D eigenvalue weighted by Crippen LogP contribution is 2.39. The SMILES string of the molecule is CCC(C)C(NC(=O)OCc1ccccc1)C(=O)N[C@]1(C(=O)N[C@H](c2nc(C(=O)N(CC)CC)no2)[C@@H](C)CC)CCc2[nH]c3c(Cl)cc(Cl)cc3c2C1. The summed E-state index contributed by atoms with van der Waals surface area (Å²) in [6.45, 7) is 12.3. The van der Waals surface area contributed by atoms with Gasteiger partial charge in [-0.25, -0.2) is 4.79 Å². The maximum Gasteiger partial charge on any atom is 0.408 e. The van der Waals surface area contributed by atoms with Crippen molar-refractivity contribution in [2.75, 3.05) is 13.1 Å². The molecule has 0 spiro atoms. The number of nitrogens with zero attached hydrogens (tertiary/aromatic N) is 3. The van der Waals surface area contributed by atoms with Gasteiger partial charge in [-0.05, 0) is 61.8 Å². The molecule has 0 radical (unpaired) electrons. The van der Waals surface area contributed by atoms with Gasteiger partial charge in [-0.3, -0.25) is 14.4 Å². The number of hydrogen-bond acceptors (Lipinski definition) is 8. The van der Waals surface area contributed by atoms with Crippen LogP contribution in [-0.2, 0) is 33.8 Å². The molecule has 1 aliphatic rings. The first-order valence-electron chi connectivity index (χ1n) is 18.6. The maximum absolute atomic E-state index is 14.9. The second-order valence-electron chi connectivity index (χ2n) is 14.0. The lowest BCUT2D eigenvalue weighted by molar-refractivity contribution is -0.136. The van der Waals surface area contributed by atoms with Gasteiger partial charge in [0.2, 0.25) is 17.7 Å². The van der Waals surface area contributed by atoms with E-state index >= 15 is 0 Å². The van der Waals surface area contributed by atoms with Crippen LogP contribution in [0.25, 0.3) is 10.9 Å². The number of hydrogen-bond donors (Lipinski definition) is 4. The summed E-state index contributed by atoms with van der Waals surface area (Å²) in [5.74, 6) is -1.94. The fraction of sp³-hybridized carbons (Fsp3) is 0.487. The number of aromatic amines is 1. The van der Waals surface area contributed by atoms with E-state index in [9.17, 15) is 19.2 Å². The molecule has 0 aliphatic heterocycles. The minimum Gasteiger partial charge on any atom is -0.445 e. The summed E-state index contributed by atoms with van der Waals surface area (Å²) in [7, 11) is 0. The van der Waals surface area contributed by atoms with Gasteiger partial charge in [-0.2, -0.15) is 4.98 Å². The van der Waals surface area contributed by atoms with Gasteiger partial charge in [0.1, 0.15) is 24.2 Å². The van der Waals surface area contributed by atoms with Gasteiger partial charge in [0.15, 0.2) is 0 Å². The normalized spacial score (nSPS) is 17.5. The predicted molar refractivity (Wildman–Crippen MR) is 206 cm³/mol. The number of H-pyrrole nitrogens is 1. The van der Waals surface area contributed by atoms with E-state index in [4.69, 9.17) is 32.5 Å². The van der Waals surface area contributed by atoms with Gasteiger partial charge in [0.05, 0.1) is 10.5 Å². The highest BCUT2D eigenvalue weighted by atomic mass is 35.5. The van der Waals surface area contributed by atoms with E-state index in [-0.39, 0.29) is 48.9 Å². The summed E-state index contributed by atoms with van der Waals surface area (Å²) in [5, 5.41) is 14.5. The van der Waals surface area contributed by atoms with E-state index in [0.29, 0.717) is 47.9 Å². The number of ether oxygens (including phenoxy) is 1. The van der Waals surface area contributed by atoms with Gasteiger partial charge >= 0.3 is 6.09 Å². The fourth-order valence-corrected chi connectivity index (χ4v) is 7.34. The number of carbonyl (C=O) groups is 4. The lowest BCUT2D eigenvalue weighted by atomic mass is 9.78. The Balaban J connectivity index is 1.49. The van der Waals surface area contributed by atoms with Crippen LogP contribution in [0, 0.1) is 11.8 Å². The molecular formula is C39H49Cl2N7O6. The Kier molecular flexibility index (Phi) is 13.3. The Hall–Kier alpha value is -4.62. The zero-order valence-corrected chi connectivity index (χ0v) is 33.1. The molecule has 2 heterocycles. The Bertz CT molecular complexity index is 1960. The van der Waals surface area contributed by atoms with Crippen LogP contribution in [0.15, 0.2) is 47.0 Å². The molecule has 2 aromatic heterocycles. The Morgan fingerprint density at radius 2 is 1.70 bits per heavy atom. The average molecular weight is 783 g/mol. The number of halogens is 2. The van der Waals surface area contributed by atoms with Crippen LogP contribution in [0.4, 0.5) is 4.79 Å². The van der Waals surface area contributed by atoms with Crippen molar-refractivity contribution in [3.63, 3.8) is 0 Å². The van der Waals surface area contributed by atoms with Gasteiger partial charge < -0.3 is 35.1 Å². The first kappa shape index (κ1) is 40.6. The van der Waals surface area contributed by atoms with Crippen LogP contribution in [0.3, 0.4) is 0 Å². The van der Waals surface area contributed by atoms with Crippen molar-refractivity contribution in [1.29, 1.82) is 0 Å². The Morgan fingerprint density at radius 3 is 2.37 bits per heavy atom. The van der Waals surface area contributed by atoms with Crippen LogP contribution >= 0.6 is 23.2 Å². The maximum atomic E-state index is 14.9. The van der Waals surface area contributed by atoms with E-state index in [1.807, 2.05) is 71.9 Å². The van der Waals surface area contributed by atoms with E-state index in [1.54, 1.807) is 17.0 Å². The first-order valence-corrected chi connectivity index (χ1v) is 19.3. The van der Waals surface area contributed by atoms with E-state index in [2.05, 4.69) is 31.1 Å². The number of carbonyl (C=O) groups excluding carboxylic acids is 4. The number of alkyl carbamates (subject to hydrolysis) is 1. The van der Waals surface area contributed by atoms with E-state index in [1.165, 1.54) is 0 Å². The number of aromatic nitrogens is 3. The van der Waals surface area contributed by atoms with E-state index < -0.39 is 35.5 Å². The Labute approximate surface area is 325 Å². The van der Waals surface area contributed by atoms with Crippen LogP contribution in [0.5, 0.6) is 0 Å². The molecule has 5 atom stereocenters. The zero-order chi connectivity index (χ0) is 39.2. The summed E-state index contributed by atoms with van der Waals surface area (Å²) in [5.41, 5.74) is 1.65. The van der Waals surface area contributed by atoms with Crippen LogP contribution in [-0.4, -0.2) is 68.5 Å². The smallest absolute Gasteiger partial charge is 0.408 e. The quantitative estimate of drug-likeness (QED) is 0.101. The van der Waals surface area contributed by atoms with Gasteiger partial charge in [0.25, 0.3) is 11.7 Å². The zero-order valence-electron chi connectivity index (χ0n) is 31.6. The first-order chi connectivity index (χ1) is 25.8. The Morgan fingerprint density at radius 1 is 1.00 bits per heavy atom. The van der Waals surface area contributed by atoms with Crippen molar-refractivity contribution in [1.82, 2.24) is 36.0 Å². The molecule has 2 aromatic carbocycles. The monoisotopic (exact) mass is 781 g/mol. The number of rotatable bonds is 15. The summed E-state index contributed by atoms with van der Waals surface area (Å²) in [4.78, 5) is 64.8. The van der Waals surface area contributed by atoms with Gasteiger partial charge in [-0.15, -0.1) is 0 Å². The predicted octanol–water partition coefficient (Wildman–Crippen LogP) is 6.93. The molecule has 13 nitrogen and oxygen atoms in total. The van der Waals surface area contributed by atoms with Crippen molar-refractivity contribution in [2.45, 2.75) is 97.9 Å². The van der Waals surface area contributed by atoms with Crippen molar-refractivity contribution in [2.24, 2.45) is 11.8 Å². The van der Waals surface area contributed by atoms with Crippen LogP contribution in [0.1, 0.15) is 100 Å². The summed E-state index contributed by atoms with van der Waals surface area (Å²) in [6.07, 6.45) is 1.12. The molecule has 0 fully saturated rings. The number of aryl methyl sites for hydroxylation is 1. The number of fused-ring (bicyclic) bond motifs is 3. The van der Waals surface area contributed by atoms with Crippen molar-refractivity contribution < 1.29 is 28.4 Å². The molecule has 2 unspecified atom stereocenters. The third-order valence-corrected chi connectivity index (χ3v) is 11.0. The standard InChI is InChI=1S/C39H49Cl2N7O6/c1-7-22(5)30(44-38(52)53-21-24-14-12-11-13-15-24)34(49)46-39(17-16-29-27(20-39)26-18-25(40)19-28(41)32(26)42-29)37(51)43-31(23(6)8-2)35-45-33(47-54-35)36(50)48(9-3)10-4/h11-15,18-19,22-23,30-31,42H,7-10,16-17,20-21H2,1-6H3,(H,43,51)(H,44,52)(H,46,49)/t22?,23-,30?,31-,39+/m0/s1. The molecule has 4 amide bonds. The average Bonchev–Trinajstić information content (AvgIpc) is 3.80. The lowest BCUT2D eigenvalue weighted by Gasteiger charge is -2.39. The molecule has 4 aromatic rings. The number of amides is 4. The molecular weight excluding hydrogens is 733 g/mol. The molecule has 0 bridgehead atoms. The van der Waals surface area contributed by atoms with Crippen LogP contribution in [0.2, 0.25) is 10.0 Å². The molecule has 15 heteroatoms. The molecule has 290 valence electrons. The molecule has 4 N–H and O–H groups in total. The second-order valence-corrected chi connectivity index (χ2v) is 14.8.